The number of halogens is 3. The van der Waals surface area contributed by atoms with Crippen LogP contribution in [0.25, 0.3) is 10.7 Å². The first kappa shape index (κ1) is 16.2. The smallest absolute Gasteiger partial charge is 0.435 e. The molecule has 0 amide bonds. The molecule has 0 aliphatic rings. The lowest BCUT2D eigenvalue weighted by Gasteiger charge is -2.03. The minimum atomic E-state index is -4.56. The summed E-state index contributed by atoms with van der Waals surface area (Å²) in [7, 11) is 0. The molecule has 7 nitrogen and oxygen atoms in total. The van der Waals surface area contributed by atoms with Crippen molar-refractivity contribution in [3.05, 3.63) is 41.4 Å². The van der Waals surface area contributed by atoms with E-state index in [0.29, 0.717) is 5.82 Å². The van der Waals surface area contributed by atoms with Crippen molar-refractivity contribution in [3.8, 4) is 10.7 Å². The van der Waals surface area contributed by atoms with E-state index in [-0.39, 0.29) is 12.5 Å². The summed E-state index contributed by atoms with van der Waals surface area (Å²) in [6.07, 6.45) is -3.51. The van der Waals surface area contributed by atoms with Gasteiger partial charge >= 0.3 is 12.1 Å². The first-order valence-electron chi connectivity index (χ1n) is 6.54. The Morgan fingerprint density at radius 3 is 2.88 bits per heavy atom. The minimum Gasteiger partial charge on any atom is -0.454 e. The van der Waals surface area contributed by atoms with Gasteiger partial charge in [-0.3, -0.25) is 9.48 Å². The van der Waals surface area contributed by atoms with Crippen LogP contribution < -0.4 is 0 Å². The second-order valence-corrected chi connectivity index (χ2v) is 5.49. The van der Waals surface area contributed by atoms with Crippen molar-refractivity contribution in [1.82, 2.24) is 19.9 Å². The number of carbonyl (C=O) groups is 1. The van der Waals surface area contributed by atoms with E-state index < -0.39 is 24.4 Å². The summed E-state index contributed by atoms with van der Waals surface area (Å²) in [5.41, 5.74) is -1.08. The van der Waals surface area contributed by atoms with Crippen LogP contribution in [0.15, 0.2) is 34.3 Å². The Morgan fingerprint density at radius 2 is 2.21 bits per heavy atom. The number of thiophene rings is 1. The Balaban J connectivity index is 1.53. The zero-order chi connectivity index (χ0) is 17.2. The van der Waals surface area contributed by atoms with E-state index in [2.05, 4.69) is 15.2 Å². The number of aromatic nitrogens is 4. The van der Waals surface area contributed by atoms with Gasteiger partial charge in [-0.2, -0.15) is 23.3 Å². The summed E-state index contributed by atoms with van der Waals surface area (Å²) in [6.45, 7) is -0.730. The van der Waals surface area contributed by atoms with Gasteiger partial charge in [-0.1, -0.05) is 11.2 Å². The zero-order valence-electron chi connectivity index (χ0n) is 11.9. The number of ether oxygens (including phenoxy) is 1. The number of hydrogen-bond donors (Lipinski definition) is 0. The summed E-state index contributed by atoms with van der Waals surface area (Å²) >= 11 is 1.42. The van der Waals surface area contributed by atoms with Crippen molar-refractivity contribution in [3.63, 3.8) is 0 Å². The maximum absolute atomic E-state index is 12.4. The molecule has 126 valence electrons. The lowest BCUT2D eigenvalue weighted by Crippen LogP contribution is -2.15. The van der Waals surface area contributed by atoms with E-state index in [9.17, 15) is 18.0 Å². The van der Waals surface area contributed by atoms with Gasteiger partial charge in [-0.05, 0) is 17.5 Å². The van der Waals surface area contributed by atoms with Crippen molar-refractivity contribution >= 4 is 17.3 Å². The molecule has 0 spiro atoms. The number of esters is 1. The predicted octanol–water partition coefficient (Wildman–Crippen LogP) is 2.76. The summed E-state index contributed by atoms with van der Waals surface area (Å²) in [4.78, 5) is 16.5. The monoisotopic (exact) mass is 358 g/mol. The second kappa shape index (κ2) is 6.43. The van der Waals surface area contributed by atoms with Crippen LogP contribution in [0.2, 0.25) is 0 Å². The van der Waals surface area contributed by atoms with Gasteiger partial charge in [0.25, 0.3) is 5.89 Å². The molecule has 0 saturated heterocycles. The minimum absolute atomic E-state index is 0.0863. The SMILES string of the molecule is O=C(Cn1ccc(C(F)(F)F)n1)OCc1nc(-c2cccs2)no1. The largest absolute Gasteiger partial charge is 0.454 e. The van der Waals surface area contributed by atoms with E-state index in [4.69, 9.17) is 9.26 Å². The van der Waals surface area contributed by atoms with Crippen LogP contribution in [-0.2, 0) is 28.9 Å². The normalized spacial score (nSPS) is 11.6. The third-order valence-corrected chi connectivity index (χ3v) is 3.65. The maximum atomic E-state index is 12.4. The molecule has 0 aromatic carbocycles. The third-order valence-electron chi connectivity index (χ3n) is 2.79. The van der Waals surface area contributed by atoms with E-state index in [1.54, 1.807) is 6.07 Å². The van der Waals surface area contributed by atoms with Crippen molar-refractivity contribution in [2.24, 2.45) is 0 Å². The highest BCUT2D eigenvalue weighted by Crippen LogP contribution is 2.27. The Kier molecular flexibility index (Phi) is 4.34. The molecule has 0 radical (unpaired) electrons. The molecular weight excluding hydrogens is 349 g/mol. The fourth-order valence-corrected chi connectivity index (χ4v) is 2.39. The lowest BCUT2D eigenvalue weighted by atomic mass is 10.4. The average Bonchev–Trinajstić information content (AvgIpc) is 3.25. The van der Waals surface area contributed by atoms with Crippen LogP contribution in [0.3, 0.4) is 0 Å². The highest BCUT2D eigenvalue weighted by Gasteiger charge is 2.33. The fraction of sp³-hybridized carbons (Fsp3) is 0.231. The quantitative estimate of drug-likeness (QED) is 0.652. The molecular formula is C13H9F3N4O3S. The van der Waals surface area contributed by atoms with Gasteiger partial charge in [-0.25, -0.2) is 0 Å². The van der Waals surface area contributed by atoms with Crippen LogP contribution >= 0.6 is 11.3 Å². The van der Waals surface area contributed by atoms with Gasteiger partial charge in [0.2, 0.25) is 5.82 Å². The Hall–Kier alpha value is -2.69. The van der Waals surface area contributed by atoms with Crippen LogP contribution in [0.1, 0.15) is 11.6 Å². The highest BCUT2D eigenvalue weighted by molar-refractivity contribution is 7.13. The Morgan fingerprint density at radius 1 is 1.38 bits per heavy atom. The molecule has 0 atom stereocenters. The number of alkyl halides is 3. The first-order chi connectivity index (χ1) is 11.4. The van der Waals surface area contributed by atoms with Crippen molar-refractivity contribution in [2.75, 3.05) is 0 Å². The maximum Gasteiger partial charge on any atom is 0.435 e. The highest BCUT2D eigenvalue weighted by atomic mass is 32.1. The predicted molar refractivity (Wildman–Crippen MR) is 74.6 cm³/mol. The second-order valence-electron chi connectivity index (χ2n) is 4.55. The summed E-state index contributed by atoms with van der Waals surface area (Å²) in [5.74, 6) is -0.316. The van der Waals surface area contributed by atoms with Gasteiger partial charge in [0.15, 0.2) is 12.3 Å². The van der Waals surface area contributed by atoms with Crippen molar-refractivity contribution < 1.29 is 27.2 Å². The molecule has 3 rings (SSSR count). The van der Waals surface area contributed by atoms with Crippen LogP contribution in [0, 0.1) is 0 Å². The molecule has 0 unspecified atom stereocenters. The van der Waals surface area contributed by atoms with Crippen molar-refractivity contribution in [2.45, 2.75) is 19.3 Å². The molecule has 0 aliphatic heterocycles. The zero-order valence-corrected chi connectivity index (χ0v) is 12.7. The topological polar surface area (TPSA) is 83.0 Å². The van der Waals surface area contributed by atoms with Crippen LogP contribution in [0.4, 0.5) is 13.2 Å². The molecule has 3 aromatic rings. The number of carbonyl (C=O) groups excluding carboxylic acids is 1. The number of rotatable bonds is 5. The van der Waals surface area contributed by atoms with Crippen molar-refractivity contribution in [1.29, 1.82) is 0 Å². The van der Waals surface area contributed by atoms with E-state index >= 15 is 0 Å². The van der Waals surface area contributed by atoms with Gasteiger partial charge < -0.3 is 9.26 Å². The number of hydrogen-bond acceptors (Lipinski definition) is 7. The van der Waals surface area contributed by atoms with E-state index in [1.165, 1.54) is 11.3 Å². The van der Waals surface area contributed by atoms with Gasteiger partial charge in [0.05, 0.1) is 4.88 Å². The summed E-state index contributed by atoms with van der Waals surface area (Å²) < 4.78 is 47.9. The Labute approximate surface area is 136 Å². The lowest BCUT2D eigenvalue weighted by molar-refractivity contribution is -0.148. The molecule has 0 aliphatic carbocycles. The fourth-order valence-electron chi connectivity index (χ4n) is 1.74. The Bertz CT molecular complexity index is 826. The first-order valence-corrected chi connectivity index (χ1v) is 7.42. The van der Waals surface area contributed by atoms with Gasteiger partial charge in [-0.15, -0.1) is 11.3 Å². The average molecular weight is 358 g/mol. The standard InChI is InChI=1S/C13H9F3N4O3S/c14-13(15,16)9-3-4-20(18-9)6-11(21)22-7-10-17-12(19-23-10)8-2-1-5-24-8/h1-5H,6-7H2. The van der Waals surface area contributed by atoms with Gasteiger partial charge in [0, 0.05) is 6.20 Å². The van der Waals surface area contributed by atoms with E-state index in [0.717, 1.165) is 21.8 Å². The molecule has 0 N–H and O–H groups in total. The molecule has 3 heterocycles. The molecule has 24 heavy (non-hydrogen) atoms. The van der Waals surface area contributed by atoms with Gasteiger partial charge in [0.1, 0.15) is 6.54 Å². The molecule has 11 heteroatoms. The third kappa shape index (κ3) is 3.79. The molecule has 0 fully saturated rings. The molecule has 0 saturated carbocycles. The van der Waals surface area contributed by atoms with Crippen LogP contribution in [0.5, 0.6) is 0 Å². The summed E-state index contributed by atoms with van der Waals surface area (Å²) in [5, 5.41) is 8.85. The molecule has 0 bridgehead atoms. The number of nitrogens with zero attached hydrogens (tertiary/aromatic N) is 4. The summed E-state index contributed by atoms with van der Waals surface area (Å²) in [6, 6.07) is 4.41. The molecule has 3 aromatic heterocycles. The van der Waals surface area contributed by atoms with E-state index in [1.807, 2.05) is 11.4 Å². The van der Waals surface area contributed by atoms with Crippen LogP contribution in [-0.4, -0.2) is 25.9 Å².